The molecular formula is C23H20ClFN2O2S. The molecule has 0 aliphatic rings. The molecule has 0 saturated carbocycles. The minimum absolute atomic E-state index is 0.102. The van der Waals surface area contributed by atoms with Gasteiger partial charge in [0.1, 0.15) is 5.82 Å². The van der Waals surface area contributed by atoms with E-state index in [0.29, 0.717) is 28.4 Å². The minimum Gasteiger partial charge on any atom is -0.348 e. The highest BCUT2D eigenvalue weighted by atomic mass is 35.5. The van der Waals surface area contributed by atoms with Gasteiger partial charge in [0.25, 0.3) is 5.91 Å². The van der Waals surface area contributed by atoms with Crippen LogP contribution in [0.5, 0.6) is 0 Å². The van der Waals surface area contributed by atoms with E-state index in [4.69, 9.17) is 11.6 Å². The van der Waals surface area contributed by atoms with Crippen molar-refractivity contribution in [3.05, 3.63) is 100 Å². The second-order valence-electron chi connectivity index (χ2n) is 6.46. The quantitative estimate of drug-likeness (QED) is 0.499. The maximum atomic E-state index is 13.8. The van der Waals surface area contributed by atoms with Gasteiger partial charge < -0.3 is 10.6 Å². The lowest BCUT2D eigenvalue weighted by atomic mass is 10.1. The topological polar surface area (TPSA) is 58.2 Å². The van der Waals surface area contributed by atoms with E-state index in [1.165, 1.54) is 23.9 Å². The molecule has 0 aromatic heterocycles. The Labute approximate surface area is 183 Å². The molecule has 0 atom stereocenters. The number of halogens is 2. The number of benzene rings is 3. The Morgan fingerprint density at radius 1 is 0.933 bits per heavy atom. The summed E-state index contributed by atoms with van der Waals surface area (Å²) in [6.07, 6.45) is 0. The molecule has 3 aromatic rings. The van der Waals surface area contributed by atoms with E-state index in [0.717, 1.165) is 5.56 Å². The first-order valence-electron chi connectivity index (χ1n) is 9.26. The van der Waals surface area contributed by atoms with E-state index in [1.54, 1.807) is 30.3 Å². The first-order chi connectivity index (χ1) is 14.5. The third-order valence-corrected chi connectivity index (χ3v) is 5.60. The molecule has 0 fully saturated rings. The molecule has 3 rings (SSSR count). The number of nitrogens with one attached hydrogen (secondary N) is 2. The van der Waals surface area contributed by atoms with Crippen LogP contribution in [0.15, 0.2) is 72.8 Å². The largest absolute Gasteiger partial charge is 0.348 e. The fraction of sp³-hybridized carbons (Fsp3) is 0.130. The average Bonchev–Trinajstić information content (AvgIpc) is 2.75. The molecule has 3 aromatic carbocycles. The fourth-order valence-electron chi connectivity index (χ4n) is 2.77. The van der Waals surface area contributed by atoms with Gasteiger partial charge in [-0.2, -0.15) is 0 Å². The molecule has 0 bridgehead atoms. The van der Waals surface area contributed by atoms with Gasteiger partial charge in [-0.05, 0) is 29.8 Å². The fourth-order valence-corrected chi connectivity index (χ4v) is 3.93. The van der Waals surface area contributed by atoms with E-state index in [-0.39, 0.29) is 23.3 Å². The molecule has 0 saturated heterocycles. The lowest BCUT2D eigenvalue weighted by Crippen LogP contribution is -2.25. The molecule has 7 heteroatoms. The molecule has 2 N–H and O–H groups in total. The van der Waals surface area contributed by atoms with Crippen LogP contribution in [-0.2, 0) is 17.1 Å². The SMILES string of the molecule is O=C(CSCc1c(F)cccc1Cl)Nc1ccccc1C(=O)NCc1ccccc1. The van der Waals surface area contributed by atoms with Gasteiger partial charge in [0.15, 0.2) is 0 Å². The minimum atomic E-state index is -0.393. The number of para-hydroxylation sites is 1. The van der Waals surface area contributed by atoms with Crippen molar-refractivity contribution in [2.45, 2.75) is 12.3 Å². The Hall–Kier alpha value is -2.83. The Bertz CT molecular complexity index is 1010. The second-order valence-corrected chi connectivity index (χ2v) is 7.85. The molecule has 0 aliphatic carbocycles. The van der Waals surface area contributed by atoms with E-state index >= 15 is 0 Å². The highest BCUT2D eigenvalue weighted by Gasteiger charge is 2.14. The molecule has 0 radical (unpaired) electrons. The van der Waals surface area contributed by atoms with Crippen LogP contribution < -0.4 is 10.6 Å². The van der Waals surface area contributed by atoms with Crippen LogP contribution in [0, 0.1) is 5.82 Å². The predicted octanol–water partition coefficient (Wildman–Crippen LogP) is 5.28. The molecule has 2 amide bonds. The summed E-state index contributed by atoms with van der Waals surface area (Å²) < 4.78 is 13.8. The Morgan fingerprint density at radius 3 is 2.43 bits per heavy atom. The van der Waals surface area contributed by atoms with Crippen molar-refractivity contribution in [2.75, 3.05) is 11.1 Å². The highest BCUT2D eigenvalue weighted by molar-refractivity contribution is 7.99. The normalized spacial score (nSPS) is 10.5. The van der Waals surface area contributed by atoms with Crippen molar-refractivity contribution < 1.29 is 14.0 Å². The van der Waals surface area contributed by atoms with Crippen LogP contribution in [0.4, 0.5) is 10.1 Å². The van der Waals surface area contributed by atoms with Crippen LogP contribution in [0.3, 0.4) is 0 Å². The molecule has 4 nitrogen and oxygen atoms in total. The second kappa shape index (κ2) is 10.8. The van der Waals surface area contributed by atoms with Gasteiger partial charge in [0.2, 0.25) is 5.91 Å². The standard InChI is InChI=1S/C23H20ClFN2O2S/c24-19-10-6-11-20(25)18(19)14-30-15-22(28)27-21-12-5-4-9-17(21)23(29)26-13-16-7-2-1-3-8-16/h1-12H,13-15H2,(H,26,29)(H,27,28). The number of hydrogen-bond acceptors (Lipinski definition) is 3. The third kappa shape index (κ3) is 6.08. The van der Waals surface area contributed by atoms with E-state index in [9.17, 15) is 14.0 Å². The Morgan fingerprint density at radius 2 is 1.67 bits per heavy atom. The van der Waals surface area contributed by atoms with Crippen molar-refractivity contribution in [1.82, 2.24) is 5.32 Å². The van der Waals surface area contributed by atoms with Crippen molar-refractivity contribution in [3.63, 3.8) is 0 Å². The van der Waals surface area contributed by atoms with Gasteiger partial charge >= 0.3 is 0 Å². The van der Waals surface area contributed by atoms with Crippen molar-refractivity contribution in [2.24, 2.45) is 0 Å². The summed E-state index contributed by atoms with van der Waals surface area (Å²) >= 11 is 7.25. The van der Waals surface area contributed by atoms with E-state index in [2.05, 4.69) is 10.6 Å². The number of amides is 2. The molecule has 0 unspecified atom stereocenters. The number of anilines is 1. The summed E-state index contributed by atoms with van der Waals surface area (Å²) in [6, 6.07) is 20.9. The van der Waals surface area contributed by atoms with Gasteiger partial charge in [-0.25, -0.2) is 4.39 Å². The molecule has 0 aliphatic heterocycles. The number of carbonyl (C=O) groups is 2. The Balaban J connectivity index is 1.56. The predicted molar refractivity (Wildman–Crippen MR) is 120 cm³/mol. The number of rotatable bonds is 8. The smallest absolute Gasteiger partial charge is 0.253 e. The summed E-state index contributed by atoms with van der Waals surface area (Å²) in [6.45, 7) is 0.390. The summed E-state index contributed by atoms with van der Waals surface area (Å²) in [5.41, 5.74) is 2.16. The zero-order chi connectivity index (χ0) is 21.3. The van der Waals surface area contributed by atoms with Crippen LogP contribution in [0.25, 0.3) is 0 Å². The van der Waals surface area contributed by atoms with E-state index in [1.807, 2.05) is 30.3 Å². The van der Waals surface area contributed by atoms with Gasteiger partial charge in [0, 0.05) is 22.9 Å². The van der Waals surface area contributed by atoms with Crippen LogP contribution in [0.1, 0.15) is 21.5 Å². The molecule has 0 spiro atoms. The molecule has 154 valence electrons. The zero-order valence-corrected chi connectivity index (χ0v) is 17.6. The van der Waals surface area contributed by atoms with Crippen LogP contribution >= 0.6 is 23.4 Å². The number of carbonyl (C=O) groups excluding carboxylic acids is 2. The average molecular weight is 443 g/mol. The first-order valence-corrected chi connectivity index (χ1v) is 10.8. The molecule has 0 heterocycles. The zero-order valence-electron chi connectivity index (χ0n) is 16.0. The van der Waals surface area contributed by atoms with Gasteiger partial charge in [-0.3, -0.25) is 9.59 Å². The Kier molecular flexibility index (Phi) is 7.88. The van der Waals surface area contributed by atoms with Crippen LogP contribution in [-0.4, -0.2) is 17.6 Å². The molecular weight excluding hydrogens is 423 g/mol. The van der Waals surface area contributed by atoms with Gasteiger partial charge in [-0.15, -0.1) is 11.8 Å². The molecule has 30 heavy (non-hydrogen) atoms. The van der Waals surface area contributed by atoms with Gasteiger partial charge in [0.05, 0.1) is 17.0 Å². The number of hydrogen-bond donors (Lipinski definition) is 2. The maximum absolute atomic E-state index is 13.8. The maximum Gasteiger partial charge on any atom is 0.253 e. The van der Waals surface area contributed by atoms with Crippen molar-refractivity contribution in [3.8, 4) is 0 Å². The lowest BCUT2D eigenvalue weighted by molar-refractivity contribution is -0.113. The third-order valence-electron chi connectivity index (χ3n) is 4.28. The monoisotopic (exact) mass is 442 g/mol. The van der Waals surface area contributed by atoms with Gasteiger partial charge in [-0.1, -0.05) is 60.1 Å². The summed E-state index contributed by atoms with van der Waals surface area (Å²) in [5, 5.41) is 5.95. The summed E-state index contributed by atoms with van der Waals surface area (Å²) in [7, 11) is 0. The summed E-state index contributed by atoms with van der Waals surface area (Å²) in [5.74, 6) is -0.574. The van der Waals surface area contributed by atoms with Crippen molar-refractivity contribution >= 4 is 40.9 Å². The first kappa shape index (κ1) is 21.9. The number of thioether (sulfide) groups is 1. The summed E-state index contributed by atoms with van der Waals surface area (Å²) in [4.78, 5) is 24.9. The van der Waals surface area contributed by atoms with Crippen LogP contribution in [0.2, 0.25) is 5.02 Å². The highest BCUT2D eigenvalue weighted by Crippen LogP contribution is 2.24. The van der Waals surface area contributed by atoms with Crippen molar-refractivity contribution in [1.29, 1.82) is 0 Å². The van der Waals surface area contributed by atoms with E-state index < -0.39 is 5.82 Å². The lowest BCUT2D eigenvalue weighted by Gasteiger charge is -2.12.